The average Bonchev–Trinajstić information content (AvgIpc) is 3.22. The summed E-state index contributed by atoms with van der Waals surface area (Å²) in [4.78, 5) is 9.45. The highest BCUT2D eigenvalue weighted by molar-refractivity contribution is 5.79. The van der Waals surface area contributed by atoms with Gasteiger partial charge in [0.1, 0.15) is 11.5 Å². The van der Waals surface area contributed by atoms with E-state index in [4.69, 9.17) is 13.9 Å². The molecule has 0 aromatic carbocycles. The molecule has 3 heterocycles. The van der Waals surface area contributed by atoms with Crippen LogP contribution in [0.25, 0.3) is 0 Å². The van der Waals surface area contributed by atoms with Gasteiger partial charge in [-0.2, -0.15) is 0 Å². The van der Waals surface area contributed by atoms with Crippen LogP contribution in [0.1, 0.15) is 37.8 Å². The maximum atomic E-state index is 5.98. The molecule has 2 aliphatic rings. The van der Waals surface area contributed by atoms with E-state index < -0.39 is 0 Å². The van der Waals surface area contributed by atoms with Crippen LogP contribution in [0.5, 0.6) is 0 Å². The Morgan fingerprint density at radius 2 is 1.58 bits per heavy atom. The van der Waals surface area contributed by atoms with Gasteiger partial charge in [-0.3, -0.25) is 14.8 Å². The van der Waals surface area contributed by atoms with Crippen molar-refractivity contribution in [1.82, 2.24) is 20.4 Å². The van der Waals surface area contributed by atoms with Gasteiger partial charge in [0.25, 0.3) is 0 Å². The van der Waals surface area contributed by atoms with Crippen molar-refractivity contribution in [2.24, 2.45) is 10.9 Å². The van der Waals surface area contributed by atoms with Crippen LogP contribution in [0.3, 0.4) is 0 Å². The predicted octanol–water partition coefficient (Wildman–Crippen LogP) is 1.87. The lowest BCUT2D eigenvalue weighted by Crippen LogP contribution is -2.52. The second kappa shape index (κ2) is 12.4. The molecule has 0 saturated carbocycles. The SMILES string of the molecule is CN=C(NCC(CC(C)C)N1CCOCC1)NCC(c1ccc(C)o1)N1CCOCC1. The second-order valence-corrected chi connectivity index (χ2v) is 8.88. The van der Waals surface area contributed by atoms with Crippen LogP contribution in [0.4, 0.5) is 0 Å². The Bertz CT molecular complexity index is 666. The zero-order valence-electron chi connectivity index (χ0n) is 19.7. The lowest BCUT2D eigenvalue weighted by molar-refractivity contribution is 0.0120. The number of guanidine groups is 1. The number of nitrogens with one attached hydrogen (secondary N) is 2. The summed E-state index contributed by atoms with van der Waals surface area (Å²) in [5, 5.41) is 7.11. The first-order valence-corrected chi connectivity index (χ1v) is 11.7. The zero-order valence-corrected chi connectivity index (χ0v) is 19.7. The highest BCUT2D eigenvalue weighted by atomic mass is 16.5. The van der Waals surface area contributed by atoms with Crippen LogP contribution in [0.15, 0.2) is 21.5 Å². The number of aryl methyl sites for hydroxylation is 1. The number of ether oxygens (including phenoxy) is 2. The van der Waals surface area contributed by atoms with E-state index >= 15 is 0 Å². The van der Waals surface area contributed by atoms with Crippen LogP contribution < -0.4 is 10.6 Å². The molecule has 2 saturated heterocycles. The van der Waals surface area contributed by atoms with E-state index in [1.807, 2.05) is 20.0 Å². The largest absolute Gasteiger partial charge is 0.465 e. The van der Waals surface area contributed by atoms with Crippen LogP contribution in [0.2, 0.25) is 0 Å². The quantitative estimate of drug-likeness (QED) is 0.453. The van der Waals surface area contributed by atoms with Gasteiger partial charge in [0.15, 0.2) is 5.96 Å². The van der Waals surface area contributed by atoms with E-state index in [9.17, 15) is 0 Å². The van der Waals surface area contributed by atoms with Crippen molar-refractivity contribution in [3.63, 3.8) is 0 Å². The molecule has 1 aromatic rings. The molecule has 0 bridgehead atoms. The van der Waals surface area contributed by atoms with E-state index in [1.54, 1.807) is 0 Å². The lowest BCUT2D eigenvalue weighted by Gasteiger charge is -2.36. The summed E-state index contributed by atoms with van der Waals surface area (Å²) in [7, 11) is 1.84. The molecule has 2 atom stereocenters. The van der Waals surface area contributed by atoms with Crippen molar-refractivity contribution in [3.8, 4) is 0 Å². The van der Waals surface area contributed by atoms with Crippen molar-refractivity contribution < 1.29 is 13.9 Å². The molecule has 1 aromatic heterocycles. The predicted molar refractivity (Wildman–Crippen MR) is 124 cm³/mol. The number of nitrogens with zero attached hydrogens (tertiary/aromatic N) is 3. The number of hydrogen-bond donors (Lipinski definition) is 2. The second-order valence-electron chi connectivity index (χ2n) is 8.88. The van der Waals surface area contributed by atoms with E-state index in [-0.39, 0.29) is 6.04 Å². The zero-order chi connectivity index (χ0) is 22.1. The van der Waals surface area contributed by atoms with Gasteiger partial charge in [-0.1, -0.05) is 13.8 Å². The summed E-state index contributed by atoms with van der Waals surface area (Å²) < 4.78 is 17.1. The van der Waals surface area contributed by atoms with Crippen molar-refractivity contribution in [2.75, 3.05) is 72.7 Å². The summed E-state index contributed by atoms with van der Waals surface area (Å²) in [6.07, 6.45) is 1.16. The Balaban J connectivity index is 1.57. The third kappa shape index (κ3) is 7.49. The molecule has 8 nitrogen and oxygen atoms in total. The summed E-state index contributed by atoms with van der Waals surface area (Å²) in [6.45, 7) is 15.2. The molecular formula is C23H41N5O3. The molecule has 8 heteroatoms. The first-order valence-electron chi connectivity index (χ1n) is 11.7. The Morgan fingerprint density at radius 1 is 0.968 bits per heavy atom. The first-order chi connectivity index (χ1) is 15.1. The number of aliphatic imine (C=N–C) groups is 1. The number of morpholine rings is 2. The minimum Gasteiger partial charge on any atom is -0.465 e. The molecule has 2 N–H and O–H groups in total. The minimum atomic E-state index is 0.154. The van der Waals surface area contributed by atoms with Crippen LogP contribution in [0, 0.1) is 12.8 Å². The van der Waals surface area contributed by atoms with E-state index in [1.165, 1.54) is 0 Å². The Labute approximate surface area is 187 Å². The molecule has 0 spiro atoms. The van der Waals surface area contributed by atoms with Crippen LogP contribution in [-0.4, -0.2) is 94.5 Å². The fourth-order valence-corrected chi connectivity index (χ4v) is 4.41. The molecule has 2 fully saturated rings. The topological polar surface area (TPSA) is 74.5 Å². The van der Waals surface area contributed by atoms with Gasteiger partial charge >= 0.3 is 0 Å². The highest BCUT2D eigenvalue weighted by Gasteiger charge is 2.26. The summed E-state index contributed by atoms with van der Waals surface area (Å²) in [5.74, 6) is 3.42. The van der Waals surface area contributed by atoms with Crippen molar-refractivity contribution >= 4 is 5.96 Å². The van der Waals surface area contributed by atoms with Gasteiger partial charge in [0, 0.05) is 52.4 Å². The number of hydrogen-bond acceptors (Lipinski definition) is 6. The van der Waals surface area contributed by atoms with Crippen molar-refractivity contribution in [1.29, 1.82) is 0 Å². The molecule has 31 heavy (non-hydrogen) atoms. The number of rotatable bonds is 9. The fraction of sp³-hybridized carbons (Fsp3) is 0.783. The number of furan rings is 1. The maximum absolute atomic E-state index is 5.98. The molecule has 3 rings (SSSR count). The standard InChI is InChI=1S/C23H41N5O3/c1-18(2)15-20(27-7-11-29-12-8-27)16-25-23(24-4)26-17-21(22-6-5-19(3)31-22)28-9-13-30-14-10-28/h5-6,18,20-21H,7-17H2,1-4H3,(H2,24,25,26). The molecule has 2 unspecified atom stereocenters. The van der Waals surface area contributed by atoms with Crippen LogP contribution >= 0.6 is 0 Å². The normalized spacial score (nSPS) is 21.3. The average molecular weight is 436 g/mol. The van der Waals surface area contributed by atoms with E-state index in [0.717, 1.165) is 89.6 Å². The van der Waals surface area contributed by atoms with Gasteiger partial charge in [-0.25, -0.2) is 0 Å². The monoisotopic (exact) mass is 435 g/mol. The van der Waals surface area contributed by atoms with Gasteiger partial charge in [0.05, 0.1) is 32.5 Å². The molecular weight excluding hydrogens is 394 g/mol. The highest BCUT2D eigenvalue weighted by Crippen LogP contribution is 2.23. The molecule has 2 aliphatic heterocycles. The summed E-state index contributed by atoms with van der Waals surface area (Å²) in [5.41, 5.74) is 0. The summed E-state index contributed by atoms with van der Waals surface area (Å²) in [6, 6.07) is 4.76. The third-order valence-corrected chi connectivity index (χ3v) is 6.07. The Morgan fingerprint density at radius 3 is 2.13 bits per heavy atom. The van der Waals surface area contributed by atoms with Gasteiger partial charge < -0.3 is 24.5 Å². The Hall–Kier alpha value is -1.61. The fourth-order valence-electron chi connectivity index (χ4n) is 4.41. The lowest BCUT2D eigenvalue weighted by atomic mass is 10.0. The maximum Gasteiger partial charge on any atom is 0.191 e. The van der Waals surface area contributed by atoms with Crippen LogP contribution in [-0.2, 0) is 9.47 Å². The van der Waals surface area contributed by atoms with Gasteiger partial charge in [-0.15, -0.1) is 0 Å². The van der Waals surface area contributed by atoms with E-state index in [2.05, 4.69) is 45.3 Å². The third-order valence-electron chi connectivity index (χ3n) is 6.07. The molecule has 0 aliphatic carbocycles. The molecule has 0 amide bonds. The van der Waals surface area contributed by atoms with Crippen molar-refractivity contribution in [3.05, 3.63) is 23.7 Å². The summed E-state index contributed by atoms with van der Waals surface area (Å²) >= 11 is 0. The van der Waals surface area contributed by atoms with Crippen molar-refractivity contribution in [2.45, 2.75) is 39.3 Å². The van der Waals surface area contributed by atoms with Gasteiger partial charge in [-0.05, 0) is 31.4 Å². The molecule has 0 radical (unpaired) electrons. The first kappa shape index (κ1) is 24.0. The minimum absolute atomic E-state index is 0.154. The smallest absolute Gasteiger partial charge is 0.191 e. The van der Waals surface area contributed by atoms with E-state index in [0.29, 0.717) is 12.0 Å². The Kier molecular flexibility index (Phi) is 9.64. The van der Waals surface area contributed by atoms with Gasteiger partial charge in [0.2, 0.25) is 0 Å². The molecule has 176 valence electrons.